The van der Waals surface area contributed by atoms with Crippen LogP contribution in [0.3, 0.4) is 0 Å². The van der Waals surface area contributed by atoms with Crippen molar-refractivity contribution in [3.05, 3.63) is 23.5 Å². The highest BCUT2D eigenvalue weighted by atomic mass is 32.2. The molecule has 3 N–H and O–H groups in total. The Kier molecular flexibility index (Phi) is 5.91. The molecule has 114 valence electrons. The molecular weight excluding hydrogens is 281 g/mol. The fourth-order valence-corrected chi connectivity index (χ4v) is 3.05. The Bertz CT molecular complexity index is 559. The molecule has 0 amide bonds. The van der Waals surface area contributed by atoms with Gasteiger partial charge in [-0.1, -0.05) is 0 Å². The van der Waals surface area contributed by atoms with E-state index in [0.717, 1.165) is 19.0 Å². The van der Waals surface area contributed by atoms with E-state index in [9.17, 15) is 12.8 Å². The number of nitrogens with one attached hydrogen (secondary N) is 1. The van der Waals surface area contributed by atoms with Crippen LogP contribution >= 0.6 is 0 Å². The van der Waals surface area contributed by atoms with Gasteiger partial charge in [-0.3, -0.25) is 0 Å². The molecule has 0 atom stereocenters. The van der Waals surface area contributed by atoms with E-state index in [4.69, 9.17) is 5.73 Å². The molecule has 0 radical (unpaired) electrons. The van der Waals surface area contributed by atoms with Crippen LogP contribution in [0.25, 0.3) is 0 Å². The van der Waals surface area contributed by atoms with Crippen LogP contribution in [0, 0.1) is 12.7 Å². The lowest BCUT2D eigenvalue weighted by molar-refractivity contribution is 0.394. The van der Waals surface area contributed by atoms with E-state index in [1.807, 2.05) is 19.0 Å². The van der Waals surface area contributed by atoms with Crippen molar-refractivity contribution < 1.29 is 12.8 Å². The van der Waals surface area contributed by atoms with E-state index in [1.54, 1.807) is 0 Å². The summed E-state index contributed by atoms with van der Waals surface area (Å²) in [6, 6.07) is 2.55. The Morgan fingerprint density at radius 2 is 1.95 bits per heavy atom. The Morgan fingerprint density at radius 3 is 2.55 bits per heavy atom. The summed E-state index contributed by atoms with van der Waals surface area (Å²) in [5.74, 6) is -0.750. The number of aryl methyl sites for hydroxylation is 1. The van der Waals surface area contributed by atoms with Crippen LogP contribution < -0.4 is 10.5 Å². The Balaban J connectivity index is 2.70. The van der Waals surface area contributed by atoms with E-state index in [-0.39, 0.29) is 22.7 Å². The van der Waals surface area contributed by atoms with Gasteiger partial charge in [-0.2, -0.15) is 0 Å². The fourth-order valence-electron chi connectivity index (χ4n) is 1.80. The van der Waals surface area contributed by atoms with Crippen molar-refractivity contribution in [2.45, 2.75) is 24.7 Å². The number of nitrogens with zero attached hydrogens (tertiary/aromatic N) is 1. The van der Waals surface area contributed by atoms with Gasteiger partial charge in [0.1, 0.15) is 10.7 Å². The maximum absolute atomic E-state index is 13.9. The molecule has 20 heavy (non-hydrogen) atoms. The largest absolute Gasteiger partial charge is 0.399 e. The van der Waals surface area contributed by atoms with Crippen LogP contribution in [-0.4, -0.2) is 40.5 Å². The molecule has 7 heteroatoms. The molecule has 0 bridgehead atoms. The number of unbranched alkanes of at least 4 members (excludes halogenated alkanes) is 1. The van der Waals surface area contributed by atoms with Gasteiger partial charge in [0.05, 0.1) is 0 Å². The first-order chi connectivity index (χ1) is 9.24. The maximum Gasteiger partial charge on any atom is 0.243 e. The summed E-state index contributed by atoms with van der Waals surface area (Å²) in [6.07, 6.45) is 1.56. The summed E-state index contributed by atoms with van der Waals surface area (Å²) < 4.78 is 40.4. The van der Waals surface area contributed by atoms with Crippen molar-refractivity contribution >= 4 is 15.7 Å². The number of nitrogens with two attached hydrogens (primary N) is 1. The number of hydrogen-bond acceptors (Lipinski definition) is 4. The van der Waals surface area contributed by atoms with Gasteiger partial charge in [0.2, 0.25) is 10.0 Å². The second-order valence-electron chi connectivity index (χ2n) is 5.06. The third kappa shape index (κ3) is 4.73. The van der Waals surface area contributed by atoms with Crippen molar-refractivity contribution in [3.63, 3.8) is 0 Å². The van der Waals surface area contributed by atoms with E-state index < -0.39 is 15.8 Å². The van der Waals surface area contributed by atoms with Crippen molar-refractivity contribution in [1.29, 1.82) is 0 Å². The average Bonchev–Trinajstić information content (AvgIpc) is 2.32. The molecule has 0 aromatic heterocycles. The highest BCUT2D eigenvalue weighted by molar-refractivity contribution is 7.89. The smallest absolute Gasteiger partial charge is 0.243 e. The standard InChI is InChI=1S/C13H22FN3O2S/c1-10-8-11(15)9-12(13(10)14)20(18,19)16-6-4-5-7-17(2)3/h8-9,16H,4-7,15H2,1-3H3. The highest BCUT2D eigenvalue weighted by Crippen LogP contribution is 2.21. The van der Waals surface area contributed by atoms with E-state index >= 15 is 0 Å². The van der Waals surface area contributed by atoms with Gasteiger partial charge in [-0.05, 0) is 58.1 Å². The van der Waals surface area contributed by atoms with Crippen LogP contribution in [0.2, 0.25) is 0 Å². The number of nitrogen functional groups attached to an aromatic ring is 1. The molecular formula is C13H22FN3O2S. The Hall–Kier alpha value is -1.18. The quantitative estimate of drug-likeness (QED) is 0.589. The van der Waals surface area contributed by atoms with Crippen LogP contribution in [0.1, 0.15) is 18.4 Å². The Labute approximate surface area is 120 Å². The molecule has 0 saturated heterocycles. The van der Waals surface area contributed by atoms with Crippen molar-refractivity contribution in [1.82, 2.24) is 9.62 Å². The van der Waals surface area contributed by atoms with Gasteiger partial charge in [0, 0.05) is 12.2 Å². The molecule has 0 fully saturated rings. The minimum atomic E-state index is -3.86. The lowest BCUT2D eigenvalue weighted by Crippen LogP contribution is -2.26. The molecule has 0 aliphatic heterocycles. The third-order valence-electron chi connectivity index (χ3n) is 2.86. The lowest BCUT2D eigenvalue weighted by Gasteiger charge is -2.11. The normalized spacial score (nSPS) is 12.1. The number of sulfonamides is 1. The van der Waals surface area contributed by atoms with Crippen molar-refractivity contribution in [3.8, 4) is 0 Å². The molecule has 1 aromatic rings. The number of halogens is 1. The predicted molar refractivity (Wildman–Crippen MR) is 78.5 cm³/mol. The molecule has 5 nitrogen and oxygen atoms in total. The van der Waals surface area contributed by atoms with E-state index in [1.165, 1.54) is 13.0 Å². The van der Waals surface area contributed by atoms with Gasteiger partial charge >= 0.3 is 0 Å². The zero-order chi connectivity index (χ0) is 15.3. The minimum Gasteiger partial charge on any atom is -0.399 e. The van der Waals surface area contributed by atoms with Gasteiger partial charge in [0.25, 0.3) is 0 Å². The summed E-state index contributed by atoms with van der Waals surface area (Å²) in [5.41, 5.74) is 6.02. The van der Waals surface area contributed by atoms with Crippen LogP contribution in [0.5, 0.6) is 0 Å². The number of rotatable bonds is 7. The first-order valence-corrected chi connectivity index (χ1v) is 7.92. The molecule has 0 aliphatic carbocycles. The lowest BCUT2D eigenvalue weighted by atomic mass is 10.2. The monoisotopic (exact) mass is 303 g/mol. The molecule has 0 unspecified atom stereocenters. The highest BCUT2D eigenvalue weighted by Gasteiger charge is 2.20. The number of benzene rings is 1. The fraction of sp³-hybridized carbons (Fsp3) is 0.538. The SMILES string of the molecule is Cc1cc(N)cc(S(=O)(=O)NCCCCN(C)C)c1F. The third-order valence-corrected chi connectivity index (χ3v) is 4.32. The van der Waals surface area contributed by atoms with Gasteiger partial charge in [0.15, 0.2) is 0 Å². The molecule has 0 heterocycles. The van der Waals surface area contributed by atoms with Crippen molar-refractivity contribution in [2.75, 3.05) is 32.9 Å². The van der Waals surface area contributed by atoms with Crippen LogP contribution in [0.4, 0.5) is 10.1 Å². The van der Waals surface area contributed by atoms with E-state index in [0.29, 0.717) is 6.42 Å². The number of anilines is 1. The van der Waals surface area contributed by atoms with E-state index in [2.05, 4.69) is 4.72 Å². The van der Waals surface area contributed by atoms with Gasteiger partial charge in [-0.15, -0.1) is 0 Å². The number of hydrogen-bond donors (Lipinski definition) is 2. The maximum atomic E-state index is 13.9. The second kappa shape index (κ2) is 7.01. The zero-order valence-electron chi connectivity index (χ0n) is 12.1. The summed E-state index contributed by atoms with van der Waals surface area (Å²) in [7, 11) is 0.0516. The summed E-state index contributed by atoms with van der Waals surface area (Å²) >= 11 is 0. The van der Waals surface area contributed by atoms with Gasteiger partial charge < -0.3 is 10.6 Å². The van der Waals surface area contributed by atoms with Gasteiger partial charge in [-0.25, -0.2) is 17.5 Å². The topological polar surface area (TPSA) is 75.4 Å². The molecule has 0 spiro atoms. The van der Waals surface area contributed by atoms with Crippen molar-refractivity contribution in [2.24, 2.45) is 0 Å². The molecule has 0 saturated carbocycles. The average molecular weight is 303 g/mol. The molecule has 1 rings (SSSR count). The van der Waals surface area contributed by atoms with Crippen LogP contribution in [0.15, 0.2) is 17.0 Å². The predicted octanol–water partition coefficient (Wildman–Crippen LogP) is 1.34. The second-order valence-corrected chi connectivity index (χ2v) is 6.79. The Morgan fingerprint density at radius 1 is 1.30 bits per heavy atom. The summed E-state index contributed by atoms with van der Waals surface area (Å²) in [5, 5.41) is 0. The first kappa shape index (κ1) is 16.9. The molecule has 1 aromatic carbocycles. The summed E-state index contributed by atoms with van der Waals surface area (Å²) in [6.45, 7) is 2.65. The zero-order valence-corrected chi connectivity index (χ0v) is 12.9. The van der Waals surface area contributed by atoms with Crippen LogP contribution in [-0.2, 0) is 10.0 Å². The minimum absolute atomic E-state index is 0.220. The first-order valence-electron chi connectivity index (χ1n) is 6.44. The molecule has 0 aliphatic rings. The summed E-state index contributed by atoms with van der Waals surface area (Å²) in [4.78, 5) is 1.64.